The van der Waals surface area contributed by atoms with Crippen LogP contribution in [0.3, 0.4) is 0 Å². The number of hydrogen-bond donors (Lipinski definition) is 0. The Balaban J connectivity index is 2.51. The molecular weight excluding hydrogens is 152 g/mol. The molecule has 0 spiro atoms. The molecule has 0 nitrogen and oxygen atoms in total. The molecule has 0 unspecified atom stereocenters. The second kappa shape index (κ2) is 2.42. The normalized spacial score (nSPS) is 32.2. The third-order valence-corrected chi connectivity index (χ3v) is 4.43. The van der Waals surface area contributed by atoms with E-state index >= 15 is 0 Å². The van der Waals surface area contributed by atoms with Gasteiger partial charge in [0.25, 0.3) is 0 Å². The van der Waals surface area contributed by atoms with Crippen molar-refractivity contribution in [1.82, 2.24) is 0 Å². The highest BCUT2D eigenvalue weighted by Gasteiger charge is 2.51. The van der Waals surface area contributed by atoms with Gasteiger partial charge in [-0.05, 0) is 10.8 Å². The first-order valence-corrected chi connectivity index (χ1v) is 5.32. The van der Waals surface area contributed by atoms with Crippen LogP contribution < -0.4 is 0 Å². The first-order valence-electron chi connectivity index (χ1n) is 4.38. The highest BCUT2D eigenvalue weighted by Crippen LogP contribution is 2.58. The summed E-state index contributed by atoms with van der Waals surface area (Å²) in [6.07, 6.45) is 0. The van der Waals surface area contributed by atoms with Gasteiger partial charge in [-0.25, -0.2) is 0 Å². The summed E-state index contributed by atoms with van der Waals surface area (Å²) in [5.74, 6) is 0. The van der Waals surface area contributed by atoms with Gasteiger partial charge in [-0.2, -0.15) is 11.8 Å². The number of rotatable bonds is 0. The molecule has 0 aromatic carbocycles. The van der Waals surface area contributed by atoms with Gasteiger partial charge in [-0.3, -0.25) is 0 Å². The molecule has 1 heteroatoms. The molecule has 2 atom stereocenters. The van der Waals surface area contributed by atoms with Crippen molar-refractivity contribution in [1.29, 1.82) is 0 Å². The van der Waals surface area contributed by atoms with E-state index in [0.717, 1.165) is 10.5 Å². The van der Waals surface area contributed by atoms with E-state index < -0.39 is 0 Å². The molecule has 1 heterocycles. The summed E-state index contributed by atoms with van der Waals surface area (Å²) in [6.45, 7) is 14.1. The zero-order valence-electron chi connectivity index (χ0n) is 8.56. The Morgan fingerprint density at radius 2 is 1.00 bits per heavy atom. The van der Waals surface area contributed by atoms with Gasteiger partial charge >= 0.3 is 0 Å². The van der Waals surface area contributed by atoms with Crippen LogP contribution in [-0.2, 0) is 0 Å². The van der Waals surface area contributed by atoms with Gasteiger partial charge in [0.15, 0.2) is 0 Å². The molecule has 1 rings (SSSR count). The topological polar surface area (TPSA) is 0 Å². The van der Waals surface area contributed by atoms with Gasteiger partial charge in [0.05, 0.1) is 0 Å². The third kappa shape index (κ3) is 2.14. The Hall–Kier alpha value is 0.350. The third-order valence-electron chi connectivity index (χ3n) is 2.20. The quantitative estimate of drug-likeness (QED) is 0.503. The molecule has 0 amide bonds. The van der Waals surface area contributed by atoms with Crippen molar-refractivity contribution in [2.75, 3.05) is 0 Å². The Morgan fingerprint density at radius 3 is 1.09 bits per heavy atom. The predicted octanol–water partition coefficient (Wildman–Crippen LogP) is 3.56. The fourth-order valence-corrected chi connectivity index (χ4v) is 3.29. The van der Waals surface area contributed by atoms with Crippen molar-refractivity contribution in [3.63, 3.8) is 0 Å². The molecule has 0 N–H and O–H groups in total. The largest absolute Gasteiger partial charge is 0.152 e. The summed E-state index contributed by atoms with van der Waals surface area (Å²) in [7, 11) is 0. The van der Waals surface area contributed by atoms with Crippen molar-refractivity contribution in [2.45, 2.75) is 52.0 Å². The van der Waals surface area contributed by atoms with Crippen molar-refractivity contribution in [2.24, 2.45) is 10.8 Å². The second-order valence-corrected chi connectivity index (χ2v) is 7.00. The van der Waals surface area contributed by atoms with Gasteiger partial charge in [0.1, 0.15) is 0 Å². The van der Waals surface area contributed by atoms with Crippen LogP contribution in [0.1, 0.15) is 41.5 Å². The van der Waals surface area contributed by atoms with Crippen LogP contribution in [0.25, 0.3) is 0 Å². The average Bonchev–Trinajstić information content (AvgIpc) is 2.30. The van der Waals surface area contributed by atoms with Crippen LogP contribution in [0.2, 0.25) is 0 Å². The van der Waals surface area contributed by atoms with Crippen LogP contribution >= 0.6 is 11.8 Å². The Kier molecular flexibility index (Phi) is 2.07. The van der Waals surface area contributed by atoms with E-state index in [2.05, 4.69) is 53.3 Å². The van der Waals surface area contributed by atoms with E-state index in [4.69, 9.17) is 0 Å². The molecule has 1 saturated heterocycles. The van der Waals surface area contributed by atoms with Crippen LogP contribution in [0.5, 0.6) is 0 Å². The van der Waals surface area contributed by atoms with E-state index in [1.54, 1.807) is 0 Å². The maximum Gasteiger partial charge on any atom is 0.0223 e. The van der Waals surface area contributed by atoms with Crippen LogP contribution in [0, 0.1) is 10.8 Å². The minimum Gasteiger partial charge on any atom is -0.152 e. The summed E-state index contributed by atoms with van der Waals surface area (Å²) < 4.78 is 0. The SMILES string of the molecule is CC(C)(C)[C@@H]1S[C@@H]1C(C)(C)C. The minimum atomic E-state index is 0.503. The van der Waals surface area contributed by atoms with Crippen LogP contribution in [0.4, 0.5) is 0 Å². The standard InChI is InChI=1S/C10H20S/c1-9(2,3)7-8(11-7)10(4,5)6/h7-8H,1-6H3/t7-,8+. The Morgan fingerprint density at radius 1 is 0.727 bits per heavy atom. The molecule has 0 aromatic heterocycles. The summed E-state index contributed by atoms with van der Waals surface area (Å²) in [5.41, 5.74) is 1.01. The maximum absolute atomic E-state index is 2.34. The summed E-state index contributed by atoms with van der Waals surface area (Å²) in [4.78, 5) is 0. The van der Waals surface area contributed by atoms with E-state index in [0.29, 0.717) is 10.8 Å². The predicted molar refractivity (Wildman–Crippen MR) is 54.1 cm³/mol. The van der Waals surface area contributed by atoms with E-state index in [1.165, 1.54) is 0 Å². The molecular formula is C10H20S. The van der Waals surface area contributed by atoms with E-state index in [1.807, 2.05) is 0 Å². The number of thioether (sulfide) groups is 1. The lowest BCUT2D eigenvalue weighted by atomic mass is 9.81. The van der Waals surface area contributed by atoms with E-state index in [9.17, 15) is 0 Å². The minimum absolute atomic E-state index is 0.503. The highest BCUT2D eigenvalue weighted by molar-refractivity contribution is 8.07. The monoisotopic (exact) mass is 172 g/mol. The van der Waals surface area contributed by atoms with Crippen molar-refractivity contribution >= 4 is 11.8 Å². The van der Waals surface area contributed by atoms with Crippen molar-refractivity contribution < 1.29 is 0 Å². The van der Waals surface area contributed by atoms with Crippen LogP contribution in [-0.4, -0.2) is 10.5 Å². The summed E-state index contributed by atoms with van der Waals surface area (Å²) >= 11 is 2.15. The molecule has 0 bridgehead atoms. The Labute approximate surface area is 75.1 Å². The summed E-state index contributed by atoms with van der Waals surface area (Å²) in [6, 6.07) is 0. The highest BCUT2D eigenvalue weighted by atomic mass is 32.2. The average molecular weight is 172 g/mol. The fraction of sp³-hybridized carbons (Fsp3) is 1.00. The summed E-state index contributed by atoms with van der Waals surface area (Å²) in [5, 5.41) is 1.78. The molecule has 1 aliphatic heterocycles. The maximum atomic E-state index is 2.34. The molecule has 0 saturated carbocycles. The van der Waals surface area contributed by atoms with Crippen LogP contribution in [0.15, 0.2) is 0 Å². The first-order chi connectivity index (χ1) is 4.73. The molecule has 1 fully saturated rings. The zero-order chi connectivity index (χ0) is 8.86. The molecule has 0 radical (unpaired) electrons. The molecule has 11 heavy (non-hydrogen) atoms. The van der Waals surface area contributed by atoms with E-state index in [-0.39, 0.29) is 0 Å². The van der Waals surface area contributed by atoms with Gasteiger partial charge < -0.3 is 0 Å². The number of hydrogen-bond acceptors (Lipinski definition) is 1. The Bertz CT molecular complexity index is 129. The molecule has 0 aromatic rings. The lowest BCUT2D eigenvalue weighted by molar-refractivity contribution is 0.335. The van der Waals surface area contributed by atoms with Crippen molar-refractivity contribution in [3.8, 4) is 0 Å². The van der Waals surface area contributed by atoms with Gasteiger partial charge in [-0.15, -0.1) is 0 Å². The molecule has 66 valence electrons. The first kappa shape index (κ1) is 9.44. The lowest BCUT2D eigenvalue weighted by Gasteiger charge is -2.22. The molecule has 1 aliphatic rings. The van der Waals surface area contributed by atoms with Crippen molar-refractivity contribution in [3.05, 3.63) is 0 Å². The molecule has 0 aliphatic carbocycles. The fourth-order valence-electron chi connectivity index (χ4n) is 1.43. The van der Waals surface area contributed by atoms with Gasteiger partial charge in [-0.1, -0.05) is 41.5 Å². The second-order valence-electron chi connectivity index (χ2n) is 5.71. The van der Waals surface area contributed by atoms with Gasteiger partial charge in [0, 0.05) is 10.5 Å². The smallest absolute Gasteiger partial charge is 0.0223 e. The zero-order valence-corrected chi connectivity index (χ0v) is 9.38. The lowest BCUT2D eigenvalue weighted by Crippen LogP contribution is -2.23. The van der Waals surface area contributed by atoms with Gasteiger partial charge in [0.2, 0.25) is 0 Å².